The molecule has 426 valence electrons. The first kappa shape index (κ1) is 54.5. The van der Waals surface area contributed by atoms with Crippen LogP contribution in [0.15, 0.2) is 146 Å². The summed E-state index contributed by atoms with van der Waals surface area (Å²) in [6.07, 6.45) is -2.77. The molecule has 0 aliphatic carbocycles. The van der Waals surface area contributed by atoms with Gasteiger partial charge in [0.05, 0.1) is 73.0 Å². The molecule has 2 fully saturated rings. The van der Waals surface area contributed by atoms with E-state index in [9.17, 15) is 40.9 Å². The van der Waals surface area contributed by atoms with Crippen molar-refractivity contribution in [2.45, 2.75) is 74.6 Å². The second kappa shape index (κ2) is 23.1. The second-order valence-corrected chi connectivity index (χ2v) is 20.7. The lowest BCUT2D eigenvalue weighted by Gasteiger charge is -2.39. The molecule has 84 heavy (non-hydrogen) atoms. The lowest BCUT2D eigenvalue weighted by molar-refractivity contribution is -0.304. The van der Waals surface area contributed by atoms with Gasteiger partial charge in [0.2, 0.25) is 0 Å². The molecular weight excluding hydrogens is 1080 g/mol. The van der Waals surface area contributed by atoms with Crippen LogP contribution in [0.5, 0.6) is 0 Å². The molecule has 10 atom stereocenters. The lowest BCUT2D eigenvalue weighted by Crippen LogP contribution is -2.59. The van der Waals surface area contributed by atoms with Crippen molar-refractivity contribution in [3.63, 3.8) is 0 Å². The maximum absolute atomic E-state index is 10.5. The Balaban J connectivity index is 0.906. The van der Waals surface area contributed by atoms with Crippen LogP contribution in [0.25, 0.3) is 102 Å². The zero-order valence-corrected chi connectivity index (χ0v) is 44.6. The Morgan fingerprint density at radius 3 is 1.07 bits per heavy atom. The molecule has 4 aliphatic heterocycles. The molecule has 0 spiro atoms. The molecular formula is C62H56N10O12. The number of aromatic amines is 2. The standard InChI is InChI=1S/C62H56N10O12/c73-29-49-55(75)57(77)59(79)61(83-49)81-31-37-27-71(69-67-37)39-15-11-35(12-16-39)53-45-23-21-43(64-45)51(33-7-3-1-4-8-33)41-19-20-42(63-41)52(34-9-5-2-6-10-34)44-22-24-46(65-44)54(48-26-25-47(53)66-48)36-13-17-40(18-14-36)72-28-38(68-70-72)32-82-62-60(80)58(78)56(76)50(30-74)84-62/h1-28,49-50,55-62,64-65,73-80H,29-32H2/t49-,50-,55-,56-,57+,58+,59-,60-,61-,62-/m1/s1. The first-order valence-corrected chi connectivity index (χ1v) is 27.2. The van der Waals surface area contributed by atoms with E-state index in [1.165, 1.54) is 0 Å². The summed E-state index contributed by atoms with van der Waals surface area (Å²) in [6, 6.07) is 44.1. The fourth-order valence-electron chi connectivity index (χ4n) is 10.9. The third-order valence-electron chi connectivity index (χ3n) is 15.3. The first-order valence-electron chi connectivity index (χ1n) is 27.2. The zero-order chi connectivity index (χ0) is 57.6. The molecule has 4 aromatic carbocycles. The average molecular weight is 1130 g/mol. The molecule has 0 amide bonds. The fraction of sp³-hybridized carbons (Fsp3) is 0.226. The Hall–Kier alpha value is -8.72. The van der Waals surface area contributed by atoms with E-state index in [0.717, 1.165) is 78.0 Å². The van der Waals surface area contributed by atoms with Crippen molar-refractivity contribution in [2.24, 2.45) is 0 Å². The number of aliphatic hydroxyl groups is 8. The topological polar surface area (TPSA) is 318 Å². The number of aliphatic hydroxyl groups excluding tert-OH is 8. The Kier molecular flexibility index (Phi) is 15.0. The number of aromatic nitrogens is 10. The van der Waals surface area contributed by atoms with E-state index < -0.39 is 74.6 Å². The van der Waals surface area contributed by atoms with Gasteiger partial charge in [0, 0.05) is 44.3 Å². The second-order valence-electron chi connectivity index (χ2n) is 20.7. The summed E-state index contributed by atoms with van der Waals surface area (Å²) in [6.45, 7) is -1.47. The highest BCUT2D eigenvalue weighted by Gasteiger charge is 2.45. The molecule has 0 radical (unpaired) electrons. The molecule has 4 aliphatic rings. The Morgan fingerprint density at radius 2 is 0.738 bits per heavy atom. The quantitative estimate of drug-likeness (QED) is 0.0676. The van der Waals surface area contributed by atoms with Gasteiger partial charge in [-0.1, -0.05) is 95.4 Å². The van der Waals surface area contributed by atoms with Gasteiger partial charge in [-0.2, -0.15) is 0 Å². The maximum atomic E-state index is 10.5. The third kappa shape index (κ3) is 10.5. The van der Waals surface area contributed by atoms with E-state index in [0.29, 0.717) is 34.2 Å². The number of H-pyrrole nitrogens is 2. The number of nitrogens with zero attached hydrogens (tertiary/aromatic N) is 8. The fourth-order valence-corrected chi connectivity index (χ4v) is 10.9. The van der Waals surface area contributed by atoms with Crippen LogP contribution in [0, 0.1) is 0 Å². The van der Waals surface area contributed by atoms with Crippen molar-refractivity contribution in [1.29, 1.82) is 0 Å². The van der Waals surface area contributed by atoms with Crippen LogP contribution in [0.1, 0.15) is 34.2 Å². The summed E-state index contributed by atoms with van der Waals surface area (Å²) < 4.78 is 25.6. The van der Waals surface area contributed by atoms with Gasteiger partial charge in [-0.05, 0) is 95.1 Å². The molecule has 13 rings (SSSR count). The Labute approximate surface area is 478 Å². The van der Waals surface area contributed by atoms with E-state index >= 15 is 0 Å². The van der Waals surface area contributed by atoms with E-state index in [-0.39, 0.29) is 13.2 Å². The Bertz CT molecular complexity index is 3810. The van der Waals surface area contributed by atoms with Gasteiger partial charge in [-0.25, -0.2) is 19.3 Å². The van der Waals surface area contributed by atoms with Gasteiger partial charge in [0.15, 0.2) is 12.6 Å². The van der Waals surface area contributed by atoms with E-state index in [1.807, 2.05) is 97.1 Å². The number of rotatable bonds is 14. The third-order valence-corrected chi connectivity index (χ3v) is 15.3. The minimum Gasteiger partial charge on any atom is -0.394 e. The van der Waals surface area contributed by atoms with E-state index in [2.05, 4.69) is 91.3 Å². The smallest absolute Gasteiger partial charge is 0.187 e. The molecule has 2 saturated heterocycles. The maximum Gasteiger partial charge on any atom is 0.187 e. The minimum absolute atomic E-state index is 0.153. The van der Waals surface area contributed by atoms with Crippen molar-refractivity contribution >= 4 is 46.4 Å². The van der Waals surface area contributed by atoms with Crippen LogP contribution in [0.4, 0.5) is 0 Å². The van der Waals surface area contributed by atoms with Crippen LogP contribution >= 0.6 is 0 Å². The molecule has 9 heterocycles. The van der Waals surface area contributed by atoms with Crippen molar-refractivity contribution in [1.82, 2.24) is 49.9 Å². The molecule has 9 aromatic rings. The summed E-state index contributed by atoms with van der Waals surface area (Å²) in [7, 11) is 0. The number of hydrogen-bond acceptors (Lipinski definition) is 18. The average Bonchev–Trinajstić information content (AvgIpc) is 4.60. The highest BCUT2D eigenvalue weighted by atomic mass is 16.7. The van der Waals surface area contributed by atoms with Crippen molar-refractivity contribution < 1.29 is 59.8 Å². The highest BCUT2D eigenvalue weighted by Crippen LogP contribution is 2.39. The number of ether oxygens (including phenoxy) is 4. The number of hydrogen-bond donors (Lipinski definition) is 10. The SMILES string of the molecule is OC[C@H]1O[C@@H](OCc2cn(-c3ccc(-c4c5nc(c(-c6ccc(-n7cc(CO[C@@H]8O[C@H](CO)[C@@H](O)[C@H](O)[C@H]8O)nn7)cc6)c6ccc([nH]6)c(-c6ccccc6)c6nc(c(-c7ccccc7)c7ccc4[nH]7)C=C6)C=C5)cc3)nn2)[C@H](O)[C@@H](O)[C@@H]1O. The monoisotopic (exact) mass is 1130 g/mol. The molecule has 22 nitrogen and oxygen atoms in total. The van der Waals surface area contributed by atoms with E-state index in [1.54, 1.807) is 21.8 Å². The van der Waals surface area contributed by atoms with Crippen LogP contribution in [-0.4, -0.2) is 165 Å². The molecule has 10 N–H and O–H groups in total. The van der Waals surface area contributed by atoms with Crippen LogP contribution in [0.3, 0.4) is 0 Å². The number of nitrogens with one attached hydrogen (secondary N) is 2. The predicted octanol–water partition coefficient (Wildman–Crippen LogP) is 5.12. The largest absolute Gasteiger partial charge is 0.394 e. The summed E-state index contributed by atoms with van der Waals surface area (Å²) in [5, 5.41) is 98.4. The highest BCUT2D eigenvalue weighted by molar-refractivity contribution is 6.00. The van der Waals surface area contributed by atoms with Crippen LogP contribution in [0.2, 0.25) is 0 Å². The summed E-state index contributed by atoms with van der Waals surface area (Å²) in [5.74, 6) is 0. The van der Waals surface area contributed by atoms with Crippen LogP contribution < -0.4 is 0 Å². The first-order chi connectivity index (χ1) is 41.0. The van der Waals surface area contributed by atoms with Gasteiger partial charge < -0.3 is 69.8 Å². The number of benzene rings is 4. The number of fused-ring (bicyclic) bond motifs is 8. The lowest BCUT2D eigenvalue weighted by atomic mass is 9.99. The molecule has 5 aromatic heterocycles. The molecule has 8 bridgehead atoms. The van der Waals surface area contributed by atoms with Gasteiger partial charge in [-0.3, -0.25) is 0 Å². The van der Waals surface area contributed by atoms with Gasteiger partial charge in [0.25, 0.3) is 0 Å². The predicted molar refractivity (Wildman–Crippen MR) is 308 cm³/mol. The van der Waals surface area contributed by atoms with E-state index in [4.69, 9.17) is 28.9 Å². The van der Waals surface area contributed by atoms with Crippen molar-refractivity contribution in [3.05, 3.63) is 180 Å². The van der Waals surface area contributed by atoms with Gasteiger partial charge >= 0.3 is 0 Å². The summed E-state index contributed by atoms with van der Waals surface area (Å²) in [4.78, 5) is 18.4. The summed E-state index contributed by atoms with van der Waals surface area (Å²) >= 11 is 0. The van der Waals surface area contributed by atoms with Gasteiger partial charge in [-0.15, -0.1) is 10.2 Å². The van der Waals surface area contributed by atoms with Crippen molar-refractivity contribution in [3.8, 4) is 55.9 Å². The molecule has 0 unspecified atom stereocenters. The summed E-state index contributed by atoms with van der Waals surface area (Å²) in [5.41, 5.74) is 15.3. The Morgan fingerprint density at radius 1 is 0.405 bits per heavy atom. The van der Waals surface area contributed by atoms with Crippen LogP contribution in [-0.2, 0) is 32.2 Å². The minimum atomic E-state index is -1.58. The zero-order valence-electron chi connectivity index (χ0n) is 44.6. The van der Waals surface area contributed by atoms with Gasteiger partial charge in [0.1, 0.15) is 60.2 Å². The molecule has 0 saturated carbocycles. The van der Waals surface area contributed by atoms with Crippen molar-refractivity contribution in [2.75, 3.05) is 13.2 Å². The normalized spacial score (nSPS) is 23.1. The molecule has 22 heteroatoms.